The van der Waals surface area contributed by atoms with E-state index in [0.717, 1.165) is 12.3 Å². The molecule has 1 fully saturated rings. The van der Waals surface area contributed by atoms with Crippen LogP contribution in [0.2, 0.25) is 19.6 Å². The molecule has 2 atom stereocenters. The van der Waals surface area contributed by atoms with Crippen LogP contribution < -0.4 is 0 Å². The van der Waals surface area contributed by atoms with Gasteiger partial charge in [0.15, 0.2) is 0 Å². The molecule has 0 amide bonds. The van der Waals surface area contributed by atoms with Crippen LogP contribution in [-0.4, -0.2) is 8.07 Å². The average molecular weight is 303 g/mol. The van der Waals surface area contributed by atoms with Gasteiger partial charge in [0.05, 0.1) is 0 Å². The predicted octanol–water partition coefficient (Wildman–Crippen LogP) is 6.21. The second-order valence-corrected chi connectivity index (χ2v) is 13.4. The van der Waals surface area contributed by atoms with Crippen molar-refractivity contribution >= 4 is 8.07 Å². The fourth-order valence-corrected chi connectivity index (χ4v) is 3.87. The Balaban J connectivity index is 2.53. The Kier molecular flexibility index (Phi) is 6.58. The van der Waals surface area contributed by atoms with Gasteiger partial charge in [-0.2, -0.15) is 0 Å². The zero-order chi connectivity index (χ0) is 16.1. The molecule has 1 heteroatoms. The normalized spacial score (nSPS) is 23.2. The van der Waals surface area contributed by atoms with Crippen LogP contribution in [0.25, 0.3) is 0 Å². The third-order valence-corrected chi connectivity index (χ3v) is 5.52. The zero-order valence-electron chi connectivity index (χ0n) is 15.1. The van der Waals surface area contributed by atoms with Crippen molar-refractivity contribution in [2.24, 2.45) is 17.3 Å². The lowest BCUT2D eigenvalue weighted by molar-refractivity contribution is 0.165. The number of hydrogen-bond donors (Lipinski definition) is 0. The molecule has 0 bridgehead atoms. The molecule has 1 rings (SSSR count). The Morgan fingerprint density at radius 3 is 2.43 bits per heavy atom. The lowest BCUT2D eigenvalue weighted by Crippen LogP contribution is -2.28. The fraction of sp³-hybridized carbons (Fsp3) is 0.750. The molecule has 21 heavy (non-hydrogen) atoms. The predicted molar refractivity (Wildman–Crippen MR) is 97.9 cm³/mol. The van der Waals surface area contributed by atoms with Crippen LogP contribution in [0.1, 0.15) is 59.3 Å². The van der Waals surface area contributed by atoms with Gasteiger partial charge >= 0.3 is 0 Å². The van der Waals surface area contributed by atoms with Crippen molar-refractivity contribution in [2.45, 2.75) is 78.9 Å². The van der Waals surface area contributed by atoms with Crippen molar-refractivity contribution in [1.82, 2.24) is 0 Å². The molecule has 0 aromatic rings. The molecule has 1 saturated carbocycles. The van der Waals surface area contributed by atoms with Gasteiger partial charge < -0.3 is 0 Å². The largest absolute Gasteiger partial charge is 0.132 e. The van der Waals surface area contributed by atoms with Gasteiger partial charge in [0.2, 0.25) is 0 Å². The van der Waals surface area contributed by atoms with E-state index in [1.807, 2.05) is 0 Å². The van der Waals surface area contributed by atoms with Crippen LogP contribution in [0.5, 0.6) is 0 Å². The van der Waals surface area contributed by atoms with E-state index in [-0.39, 0.29) is 0 Å². The monoisotopic (exact) mass is 302 g/mol. The molecule has 0 radical (unpaired) electrons. The van der Waals surface area contributed by atoms with Gasteiger partial charge in [0.25, 0.3) is 0 Å². The Bertz CT molecular complexity index is 441. The second kappa shape index (κ2) is 7.53. The molecule has 0 N–H and O–H groups in total. The van der Waals surface area contributed by atoms with Crippen LogP contribution in [0.15, 0.2) is 17.9 Å². The first kappa shape index (κ1) is 18.3. The molecule has 0 aliphatic heterocycles. The lowest BCUT2D eigenvalue weighted by Gasteiger charge is -2.38. The quantitative estimate of drug-likeness (QED) is 0.251. The van der Waals surface area contributed by atoms with Crippen molar-refractivity contribution in [1.29, 1.82) is 0 Å². The van der Waals surface area contributed by atoms with Gasteiger partial charge in [-0.1, -0.05) is 47.0 Å². The molecule has 118 valence electrons. The Morgan fingerprint density at radius 2 is 1.90 bits per heavy atom. The van der Waals surface area contributed by atoms with Crippen molar-refractivity contribution < 1.29 is 0 Å². The Labute approximate surface area is 134 Å². The molecule has 0 unspecified atom stereocenters. The summed E-state index contributed by atoms with van der Waals surface area (Å²) in [6.45, 7) is 18.0. The van der Waals surface area contributed by atoms with Crippen molar-refractivity contribution in [3.63, 3.8) is 0 Å². The van der Waals surface area contributed by atoms with Gasteiger partial charge in [-0.05, 0) is 54.9 Å². The smallest absolute Gasteiger partial charge is 0.129 e. The summed E-state index contributed by atoms with van der Waals surface area (Å²) in [5, 5.41) is 0. The maximum atomic E-state index is 3.91. The maximum absolute atomic E-state index is 3.91. The van der Waals surface area contributed by atoms with E-state index in [4.69, 9.17) is 0 Å². The van der Waals surface area contributed by atoms with E-state index >= 15 is 0 Å². The van der Waals surface area contributed by atoms with Gasteiger partial charge in [-0.25, -0.2) is 0 Å². The van der Waals surface area contributed by atoms with Crippen LogP contribution in [0.4, 0.5) is 0 Å². The molecule has 0 spiro atoms. The molecule has 0 nitrogen and oxygen atoms in total. The minimum absolute atomic E-state index is 0.433. The molecule has 0 aromatic carbocycles. The minimum atomic E-state index is -1.19. The summed E-state index contributed by atoms with van der Waals surface area (Å²) >= 11 is 0. The fourth-order valence-electron chi connectivity index (χ4n) is 3.21. The second-order valence-electron chi connectivity index (χ2n) is 8.68. The van der Waals surface area contributed by atoms with E-state index in [1.54, 1.807) is 0 Å². The molecule has 0 saturated heterocycles. The Morgan fingerprint density at radius 1 is 1.24 bits per heavy atom. The maximum Gasteiger partial charge on any atom is 0.129 e. The summed E-state index contributed by atoms with van der Waals surface area (Å²) in [4.78, 5) is 0. The lowest BCUT2D eigenvalue weighted by atomic mass is 9.67. The average Bonchev–Trinajstić information content (AvgIpc) is 2.35. The van der Waals surface area contributed by atoms with Crippen molar-refractivity contribution in [2.75, 3.05) is 0 Å². The summed E-state index contributed by atoms with van der Waals surface area (Å²) in [6, 6.07) is 0. The van der Waals surface area contributed by atoms with E-state index in [0.29, 0.717) is 11.3 Å². The van der Waals surface area contributed by atoms with Gasteiger partial charge in [-0.15, -0.1) is 17.2 Å². The summed E-state index contributed by atoms with van der Waals surface area (Å²) in [5.41, 5.74) is 8.61. The highest BCUT2D eigenvalue weighted by Gasteiger charge is 2.32. The van der Waals surface area contributed by atoms with Crippen LogP contribution in [-0.2, 0) is 0 Å². The van der Waals surface area contributed by atoms with Gasteiger partial charge in [0, 0.05) is 6.42 Å². The SMILES string of the molecule is C=C=C1CC[C@H](C(C)(C)C)C[C@@H]1CCCC#C[Si](C)(C)C. The van der Waals surface area contributed by atoms with E-state index < -0.39 is 8.07 Å². The highest BCUT2D eigenvalue weighted by atomic mass is 28.3. The number of unbranched alkanes of at least 4 members (excludes halogenated alkanes) is 1. The highest BCUT2D eigenvalue weighted by Crippen LogP contribution is 2.43. The number of allylic oxidation sites excluding steroid dienone is 1. The molecule has 0 aromatic heterocycles. The number of hydrogen-bond acceptors (Lipinski definition) is 0. The first-order valence-electron chi connectivity index (χ1n) is 8.52. The zero-order valence-corrected chi connectivity index (χ0v) is 16.1. The molecule has 0 heterocycles. The van der Waals surface area contributed by atoms with Gasteiger partial charge in [-0.3, -0.25) is 0 Å². The third-order valence-electron chi connectivity index (χ3n) is 4.59. The Hall–Kier alpha value is -0.703. The topological polar surface area (TPSA) is 0 Å². The molecular weight excluding hydrogens is 268 g/mol. The molecular formula is C20H34Si. The molecule has 1 aliphatic rings. The third kappa shape index (κ3) is 6.73. The summed E-state index contributed by atoms with van der Waals surface area (Å²) < 4.78 is 0. The first-order chi connectivity index (χ1) is 9.63. The van der Waals surface area contributed by atoms with E-state index in [9.17, 15) is 0 Å². The minimum Gasteiger partial charge on any atom is -0.132 e. The van der Waals surface area contributed by atoms with E-state index in [1.165, 1.54) is 37.7 Å². The standard InChI is InChI=1S/C20H34Si/c1-8-17-13-14-19(20(2,3)4)16-18(17)12-10-9-11-15-21(5,6)7/h18-19H,1,9-10,12-14,16H2,2-7H3/t18-,19-/m0/s1. The van der Waals surface area contributed by atoms with Crippen LogP contribution in [0.3, 0.4) is 0 Å². The van der Waals surface area contributed by atoms with Crippen molar-refractivity contribution in [3.8, 4) is 11.5 Å². The molecule has 1 aliphatic carbocycles. The van der Waals surface area contributed by atoms with Crippen LogP contribution in [0, 0.1) is 28.7 Å². The highest BCUT2D eigenvalue weighted by molar-refractivity contribution is 6.83. The summed E-state index contributed by atoms with van der Waals surface area (Å²) in [6.07, 6.45) is 7.40. The summed E-state index contributed by atoms with van der Waals surface area (Å²) in [5.74, 6) is 4.95. The van der Waals surface area contributed by atoms with Crippen molar-refractivity contribution in [3.05, 3.63) is 17.9 Å². The van der Waals surface area contributed by atoms with Crippen LogP contribution >= 0.6 is 0 Å². The summed E-state index contributed by atoms with van der Waals surface area (Å²) in [7, 11) is -1.19. The number of rotatable bonds is 3. The van der Waals surface area contributed by atoms with Gasteiger partial charge in [0.1, 0.15) is 8.07 Å². The first-order valence-corrected chi connectivity index (χ1v) is 12.0. The van der Waals surface area contributed by atoms with E-state index in [2.05, 4.69) is 64.2 Å².